The minimum absolute atomic E-state index is 0.508. The van der Waals surface area contributed by atoms with E-state index in [9.17, 15) is 5.11 Å². The maximum Gasteiger partial charge on any atom is 0.0854 e. The Balaban J connectivity index is 2.07. The summed E-state index contributed by atoms with van der Waals surface area (Å²) in [4.78, 5) is 1.14. The number of hydrogen-bond donors (Lipinski definition) is 1. The zero-order chi connectivity index (χ0) is 10.7. The molecule has 0 fully saturated rings. The standard InChI is InChI=1S/C10H9BrN2OS/c11-8-3-9(15-6-8)4-10(14)7-1-2-12-13-5-7/h1-3,5-6,10,14H,4H2. The number of hydrogen-bond acceptors (Lipinski definition) is 4. The lowest BCUT2D eigenvalue weighted by Crippen LogP contribution is -2.01. The van der Waals surface area contributed by atoms with E-state index in [1.54, 1.807) is 29.8 Å². The minimum Gasteiger partial charge on any atom is -0.388 e. The van der Waals surface area contributed by atoms with Crippen molar-refractivity contribution in [1.82, 2.24) is 10.2 Å². The fourth-order valence-electron chi connectivity index (χ4n) is 1.27. The molecule has 1 atom stereocenters. The van der Waals surface area contributed by atoms with Gasteiger partial charge >= 0.3 is 0 Å². The third-order valence-corrected chi connectivity index (χ3v) is 3.73. The normalized spacial score (nSPS) is 12.7. The summed E-state index contributed by atoms with van der Waals surface area (Å²) < 4.78 is 1.06. The van der Waals surface area contributed by atoms with Crippen LogP contribution in [0.2, 0.25) is 0 Å². The summed E-state index contributed by atoms with van der Waals surface area (Å²) in [6.07, 6.45) is 3.28. The second kappa shape index (κ2) is 4.83. The van der Waals surface area contributed by atoms with Crippen LogP contribution in [0.4, 0.5) is 0 Å². The molecule has 2 aromatic heterocycles. The minimum atomic E-state index is -0.508. The van der Waals surface area contributed by atoms with Crippen molar-refractivity contribution >= 4 is 27.3 Å². The molecule has 0 radical (unpaired) electrons. The monoisotopic (exact) mass is 284 g/mol. The molecule has 0 bridgehead atoms. The van der Waals surface area contributed by atoms with E-state index in [1.165, 1.54) is 0 Å². The van der Waals surface area contributed by atoms with Gasteiger partial charge in [0.15, 0.2) is 0 Å². The summed E-state index contributed by atoms with van der Waals surface area (Å²) in [6, 6.07) is 3.79. The van der Waals surface area contributed by atoms with Crippen molar-refractivity contribution in [2.45, 2.75) is 12.5 Å². The van der Waals surface area contributed by atoms with E-state index in [0.29, 0.717) is 6.42 Å². The van der Waals surface area contributed by atoms with E-state index in [4.69, 9.17) is 0 Å². The van der Waals surface area contributed by atoms with Gasteiger partial charge in [0.05, 0.1) is 12.3 Å². The Morgan fingerprint density at radius 2 is 2.33 bits per heavy atom. The summed E-state index contributed by atoms with van der Waals surface area (Å²) in [5.41, 5.74) is 0.800. The largest absolute Gasteiger partial charge is 0.388 e. The van der Waals surface area contributed by atoms with Gasteiger partial charge in [0.2, 0.25) is 0 Å². The molecule has 2 rings (SSSR count). The highest BCUT2D eigenvalue weighted by Gasteiger charge is 2.09. The summed E-state index contributed by atoms with van der Waals surface area (Å²) in [5.74, 6) is 0. The molecule has 0 aromatic carbocycles. The molecule has 0 aliphatic heterocycles. The van der Waals surface area contributed by atoms with Crippen LogP contribution < -0.4 is 0 Å². The maximum absolute atomic E-state index is 9.91. The molecule has 3 nitrogen and oxygen atoms in total. The van der Waals surface area contributed by atoms with E-state index in [0.717, 1.165) is 14.9 Å². The van der Waals surface area contributed by atoms with E-state index in [2.05, 4.69) is 26.1 Å². The van der Waals surface area contributed by atoms with Gasteiger partial charge in [-0.15, -0.1) is 11.3 Å². The second-order valence-electron chi connectivity index (χ2n) is 3.13. The Morgan fingerprint density at radius 3 is 2.93 bits per heavy atom. The van der Waals surface area contributed by atoms with Crippen LogP contribution in [0.25, 0.3) is 0 Å². The van der Waals surface area contributed by atoms with Gasteiger partial charge in [-0.25, -0.2) is 0 Å². The topological polar surface area (TPSA) is 46.0 Å². The molecule has 5 heteroatoms. The Labute approximate surface area is 99.9 Å². The fourth-order valence-corrected chi connectivity index (χ4v) is 2.76. The highest BCUT2D eigenvalue weighted by Crippen LogP contribution is 2.24. The second-order valence-corrected chi connectivity index (χ2v) is 5.04. The number of halogens is 1. The van der Waals surface area contributed by atoms with Gasteiger partial charge < -0.3 is 5.11 Å². The molecule has 0 saturated heterocycles. The maximum atomic E-state index is 9.91. The van der Waals surface area contributed by atoms with Crippen LogP contribution in [0.15, 0.2) is 34.4 Å². The Bertz CT molecular complexity index is 432. The smallest absolute Gasteiger partial charge is 0.0854 e. The third kappa shape index (κ3) is 2.84. The van der Waals surface area contributed by atoms with Crippen molar-refractivity contribution in [3.05, 3.63) is 44.8 Å². The zero-order valence-electron chi connectivity index (χ0n) is 7.80. The Hall–Kier alpha value is -0.780. The predicted octanol–water partition coefficient (Wildman–Crippen LogP) is 2.58. The molecule has 1 N–H and O–H groups in total. The molecule has 0 aliphatic rings. The molecular formula is C10H9BrN2OS. The number of rotatable bonds is 3. The van der Waals surface area contributed by atoms with Gasteiger partial charge in [0.1, 0.15) is 0 Å². The van der Waals surface area contributed by atoms with Gasteiger partial charge in [-0.3, -0.25) is 0 Å². The number of thiophene rings is 1. The number of aromatic nitrogens is 2. The highest BCUT2D eigenvalue weighted by molar-refractivity contribution is 9.10. The van der Waals surface area contributed by atoms with E-state index in [-0.39, 0.29) is 0 Å². The highest BCUT2D eigenvalue weighted by atomic mass is 79.9. The van der Waals surface area contributed by atoms with E-state index >= 15 is 0 Å². The van der Waals surface area contributed by atoms with Gasteiger partial charge in [-0.1, -0.05) is 0 Å². The first-order chi connectivity index (χ1) is 7.25. The first-order valence-corrected chi connectivity index (χ1v) is 6.10. The van der Waals surface area contributed by atoms with Crippen LogP contribution in [-0.4, -0.2) is 15.3 Å². The first-order valence-electron chi connectivity index (χ1n) is 4.43. The van der Waals surface area contributed by atoms with Crippen molar-refractivity contribution < 1.29 is 5.11 Å². The van der Waals surface area contributed by atoms with E-state index < -0.39 is 6.10 Å². The van der Waals surface area contributed by atoms with Crippen molar-refractivity contribution in [2.24, 2.45) is 0 Å². The van der Waals surface area contributed by atoms with Crippen molar-refractivity contribution in [3.8, 4) is 0 Å². The average molecular weight is 285 g/mol. The molecule has 1 unspecified atom stereocenters. The van der Waals surface area contributed by atoms with Crippen LogP contribution in [0.1, 0.15) is 16.5 Å². The van der Waals surface area contributed by atoms with Crippen LogP contribution in [0.3, 0.4) is 0 Å². The van der Waals surface area contributed by atoms with Crippen LogP contribution >= 0.6 is 27.3 Å². The van der Waals surface area contributed by atoms with Crippen LogP contribution in [0, 0.1) is 0 Å². The molecule has 78 valence electrons. The lowest BCUT2D eigenvalue weighted by atomic mass is 10.1. The van der Waals surface area contributed by atoms with Crippen molar-refractivity contribution in [3.63, 3.8) is 0 Å². The number of aliphatic hydroxyl groups excluding tert-OH is 1. The lowest BCUT2D eigenvalue weighted by Gasteiger charge is -2.07. The zero-order valence-corrected chi connectivity index (χ0v) is 10.2. The number of aliphatic hydroxyl groups is 1. The Morgan fingerprint density at radius 1 is 1.47 bits per heavy atom. The van der Waals surface area contributed by atoms with Gasteiger partial charge in [-0.05, 0) is 28.1 Å². The molecule has 2 heterocycles. The SMILES string of the molecule is OC(Cc1cc(Br)cs1)c1ccnnc1. The Kier molecular flexibility index (Phi) is 3.45. The predicted molar refractivity (Wildman–Crippen MR) is 62.7 cm³/mol. The molecule has 0 aliphatic carbocycles. The van der Waals surface area contributed by atoms with E-state index in [1.807, 2.05) is 11.4 Å². The molecule has 0 saturated carbocycles. The number of nitrogens with zero attached hydrogens (tertiary/aromatic N) is 2. The summed E-state index contributed by atoms with van der Waals surface area (Å²) in [6.45, 7) is 0. The summed E-state index contributed by atoms with van der Waals surface area (Å²) in [5, 5.41) is 19.3. The molecule has 2 aromatic rings. The van der Waals surface area contributed by atoms with Crippen molar-refractivity contribution in [2.75, 3.05) is 0 Å². The van der Waals surface area contributed by atoms with Gasteiger partial charge in [0, 0.05) is 32.9 Å². The molecular weight excluding hydrogens is 276 g/mol. The average Bonchev–Trinajstić information content (AvgIpc) is 2.65. The molecule has 15 heavy (non-hydrogen) atoms. The molecule has 0 spiro atoms. The van der Waals surface area contributed by atoms with Gasteiger partial charge in [0.25, 0.3) is 0 Å². The summed E-state index contributed by atoms with van der Waals surface area (Å²) >= 11 is 5.01. The summed E-state index contributed by atoms with van der Waals surface area (Å²) in [7, 11) is 0. The quantitative estimate of drug-likeness (QED) is 0.942. The van der Waals surface area contributed by atoms with Crippen LogP contribution in [-0.2, 0) is 6.42 Å². The van der Waals surface area contributed by atoms with Gasteiger partial charge in [-0.2, -0.15) is 10.2 Å². The van der Waals surface area contributed by atoms with Crippen LogP contribution in [0.5, 0.6) is 0 Å². The first kappa shape index (κ1) is 10.7. The fraction of sp³-hybridized carbons (Fsp3) is 0.200. The lowest BCUT2D eigenvalue weighted by molar-refractivity contribution is 0.179. The van der Waals surface area contributed by atoms with Crippen molar-refractivity contribution in [1.29, 1.82) is 0 Å². The molecule has 0 amide bonds. The third-order valence-electron chi connectivity index (χ3n) is 2.01.